The maximum absolute atomic E-state index is 11.8. The summed E-state index contributed by atoms with van der Waals surface area (Å²) in [4.78, 5) is 11.8. The number of benzene rings is 1. The molecule has 0 bridgehead atoms. The van der Waals surface area contributed by atoms with Crippen molar-refractivity contribution in [2.75, 3.05) is 29.7 Å². The van der Waals surface area contributed by atoms with Gasteiger partial charge in [0.1, 0.15) is 0 Å². The number of nitrogen functional groups attached to an aromatic ring is 1. The van der Waals surface area contributed by atoms with Crippen LogP contribution in [0.1, 0.15) is 23.7 Å². The molecule has 2 rings (SSSR count). The van der Waals surface area contributed by atoms with E-state index in [4.69, 9.17) is 22.1 Å². The van der Waals surface area contributed by atoms with Crippen molar-refractivity contribution in [3.63, 3.8) is 0 Å². The molecule has 0 aromatic heterocycles. The van der Waals surface area contributed by atoms with Crippen molar-refractivity contribution in [3.8, 4) is 0 Å². The van der Waals surface area contributed by atoms with Crippen LogP contribution in [0.5, 0.6) is 0 Å². The maximum atomic E-state index is 11.8. The number of methoxy groups -OCH3 is 1. The Morgan fingerprint density at radius 1 is 1.48 bits per heavy atom. The Hall–Kier alpha value is -1.47. The quantitative estimate of drug-likeness (QED) is 0.645. The number of nitrogens with one attached hydrogen (secondary N) is 1. The van der Waals surface area contributed by atoms with Crippen LogP contribution in [0.4, 0.5) is 11.4 Å². The molecule has 1 aliphatic heterocycles. The molecule has 6 nitrogen and oxygen atoms in total. The van der Waals surface area contributed by atoms with Gasteiger partial charge in [-0.25, -0.2) is 13.2 Å². The molecule has 0 aliphatic carbocycles. The topological polar surface area (TPSA) is 98.5 Å². The fourth-order valence-electron chi connectivity index (χ4n) is 2.44. The average molecular weight is 333 g/mol. The molecule has 1 heterocycles. The molecule has 3 N–H and O–H groups in total. The summed E-state index contributed by atoms with van der Waals surface area (Å²) in [7, 11) is -1.83. The van der Waals surface area contributed by atoms with Gasteiger partial charge in [-0.15, -0.1) is 0 Å². The molecule has 1 saturated heterocycles. The minimum absolute atomic E-state index is 0.0126. The summed E-state index contributed by atoms with van der Waals surface area (Å²) in [6.07, 6.45) is 0.441. The van der Waals surface area contributed by atoms with Crippen molar-refractivity contribution in [2.45, 2.75) is 18.9 Å². The Kier molecular flexibility index (Phi) is 4.08. The number of anilines is 2. The number of rotatable bonds is 3. The van der Waals surface area contributed by atoms with Crippen molar-refractivity contribution in [1.82, 2.24) is 0 Å². The Labute approximate surface area is 128 Å². The van der Waals surface area contributed by atoms with Crippen LogP contribution in [-0.2, 0) is 14.6 Å². The summed E-state index contributed by atoms with van der Waals surface area (Å²) in [5.41, 5.74) is 5.87. The summed E-state index contributed by atoms with van der Waals surface area (Å²) < 4.78 is 28.0. The van der Waals surface area contributed by atoms with Crippen molar-refractivity contribution in [2.24, 2.45) is 0 Å². The van der Waals surface area contributed by atoms with Crippen LogP contribution in [0.15, 0.2) is 12.1 Å². The zero-order chi connectivity index (χ0) is 15.8. The second kappa shape index (κ2) is 5.38. The first kappa shape index (κ1) is 15.9. The SMILES string of the molecule is COC(=O)c1cc(N)cc(Cl)c1NC1(C)CCS(=O)(=O)C1. The van der Waals surface area contributed by atoms with Crippen molar-refractivity contribution in [1.29, 1.82) is 0 Å². The average Bonchev–Trinajstić information content (AvgIpc) is 2.66. The van der Waals surface area contributed by atoms with Gasteiger partial charge in [-0.2, -0.15) is 0 Å². The van der Waals surface area contributed by atoms with E-state index in [9.17, 15) is 13.2 Å². The monoisotopic (exact) mass is 332 g/mol. The zero-order valence-corrected chi connectivity index (χ0v) is 13.3. The summed E-state index contributed by atoms with van der Waals surface area (Å²) >= 11 is 6.15. The normalized spacial score (nSPS) is 23.8. The van der Waals surface area contributed by atoms with Crippen LogP contribution >= 0.6 is 11.6 Å². The number of carbonyl (C=O) groups excluding carboxylic acids is 1. The lowest BCUT2D eigenvalue weighted by molar-refractivity contribution is 0.0602. The largest absolute Gasteiger partial charge is 0.465 e. The molecule has 0 radical (unpaired) electrons. The predicted molar refractivity (Wildman–Crippen MR) is 82.5 cm³/mol. The number of halogens is 1. The third kappa shape index (κ3) is 3.41. The standard InChI is InChI=1S/C13H17ClN2O4S/c1-13(3-4-21(18,19)7-13)16-11-9(12(17)20-2)5-8(15)6-10(11)14/h5-6,16H,3-4,7,15H2,1-2H3. The number of carbonyl (C=O) groups is 1. The number of nitrogens with two attached hydrogens (primary N) is 1. The molecular weight excluding hydrogens is 316 g/mol. The van der Waals surface area contributed by atoms with E-state index in [1.807, 2.05) is 0 Å². The van der Waals surface area contributed by atoms with Gasteiger partial charge in [-0.3, -0.25) is 0 Å². The van der Waals surface area contributed by atoms with Crippen molar-refractivity contribution < 1.29 is 17.9 Å². The van der Waals surface area contributed by atoms with Gasteiger partial charge in [0, 0.05) is 11.2 Å². The Bertz CT molecular complexity index is 690. The third-order valence-corrected chi connectivity index (χ3v) is 5.65. The van der Waals surface area contributed by atoms with E-state index < -0.39 is 21.3 Å². The molecule has 0 amide bonds. The zero-order valence-electron chi connectivity index (χ0n) is 11.8. The molecule has 8 heteroatoms. The van der Waals surface area contributed by atoms with E-state index in [-0.39, 0.29) is 22.1 Å². The molecule has 0 saturated carbocycles. The molecular formula is C13H17ClN2O4S. The van der Waals surface area contributed by atoms with Gasteiger partial charge in [0.15, 0.2) is 9.84 Å². The molecule has 1 atom stereocenters. The number of ether oxygens (including phenoxy) is 1. The summed E-state index contributed by atoms with van der Waals surface area (Å²) in [6.45, 7) is 1.78. The third-order valence-electron chi connectivity index (χ3n) is 3.45. The Balaban J connectivity index is 2.42. The predicted octanol–water partition coefficient (Wildman–Crippen LogP) is 1.70. The van der Waals surface area contributed by atoms with E-state index in [0.717, 1.165) is 0 Å². The van der Waals surface area contributed by atoms with Crippen LogP contribution in [0.25, 0.3) is 0 Å². The first-order chi connectivity index (χ1) is 9.66. The van der Waals surface area contributed by atoms with Crippen LogP contribution in [0.2, 0.25) is 5.02 Å². The van der Waals surface area contributed by atoms with E-state index >= 15 is 0 Å². The molecule has 1 unspecified atom stereocenters. The number of sulfone groups is 1. The first-order valence-corrected chi connectivity index (χ1v) is 8.52. The lowest BCUT2D eigenvalue weighted by atomic mass is 10.00. The van der Waals surface area contributed by atoms with Gasteiger partial charge in [-0.1, -0.05) is 11.6 Å². The molecule has 1 aliphatic rings. The molecule has 116 valence electrons. The Morgan fingerprint density at radius 3 is 2.67 bits per heavy atom. The number of esters is 1. The van der Waals surface area contributed by atoms with Gasteiger partial charge < -0.3 is 15.8 Å². The lowest BCUT2D eigenvalue weighted by Crippen LogP contribution is -2.36. The van der Waals surface area contributed by atoms with Crippen LogP contribution in [0.3, 0.4) is 0 Å². The minimum Gasteiger partial charge on any atom is -0.465 e. The summed E-state index contributed by atoms with van der Waals surface area (Å²) in [5.74, 6) is -0.492. The number of hydrogen-bond acceptors (Lipinski definition) is 6. The minimum atomic E-state index is -3.08. The second-order valence-corrected chi connectivity index (χ2v) is 8.04. The van der Waals surface area contributed by atoms with Gasteiger partial charge >= 0.3 is 5.97 Å². The summed E-state index contributed by atoms with van der Waals surface area (Å²) in [6, 6.07) is 2.95. The van der Waals surface area contributed by atoms with E-state index in [1.54, 1.807) is 6.92 Å². The van der Waals surface area contributed by atoms with Crippen molar-refractivity contribution in [3.05, 3.63) is 22.7 Å². The first-order valence-electron chi connectivity index (χ1n) is 6.32. The fourth-order valence-corrected chi connectivity index (χ4v) is 4.80. The summed E-state index contributed by atoms with van der Waals surface area (Å²) in [5, 5.41) is 3.34. The van der Waals surface area contributed by atoms with Gasteiger partial charge in [-0.05, 0) is 25.5 Å². The second-order valence-electron chi connectivity index (χ2n) is 5.44. The highest BCUT2D eigenvalue weighted by atomic mass is 35.5. The molecule has 0 spiro atoms. The lowest BCUT2D eigenvalue weighted by Gasteiger charge is -2.27. The van der Waals surface area contributed by atoms with Gasteiger partial charge in [0.25, 0.3) is 0 Å². The Morgan fingerprint density at radius 2 is 2.14 bits per heavy atom. The van der Waals surface area contributed by atoms with Crippen LogP contribution in [0, 0.1) is 0 Å². The van der Waals surface area contributed by atoms with E-state index in [1.165, 1.54) is 19.2 Å². The van der Waals surface area contributed by atoms with Crippen molar-refractivity contribution >= 4 is 38.8 Å². The molecule has 1 fully saturated rings. The van der Waals surface area contributed by atoms with Gasteiger partial charge in [0.05, 0.1) is 34.9 Å². The fraction of sp³-hybridized carbons (Fsp3) is 0.462. The van der Waals surface area contributed by atoms with Crippen LogP contribution in [-0.4, -0.2) is 38.5 Å². The smallest absolute Gasteiger partial charge is 0.340 e. The highest BCUT2D eigenvalue weighted by Crippen LogP contribution is 2.35. The van der Waals surface area contributed by atoms with E-state index in [2.05, 4.69) is 5.32 Å². The highest BCUT2D eigenvalue weighted by molar-refractivity contribution is 7.91. The van der Waals surface area contributed by atoms with Crippen LogP contribution < -0.4 is 11.1 Å². The van der Waals surface area contributed by atoms with E-state index in [0.29, 0.717) is 17.8 Å². The highest BCUT2D eigenvalue weighted by Gasteiger charge is 2.39. The van der Waals surface area contributed by atoms with Gasteiger partial charge in [0.2, 0.25) is 0 Å². The molecule has 1 aromatic rings. The maximum Gasteiger partial charge on any atom is 0.340 e. The number of hydrogen-bond donors (Lipinski definition) is 2. The molecule has 1 aromatic carbocycles. The molecule has 21 heavy (non-hydrogen) atoms.